The molecule has 2 atom stereocenters. The lowest BCUT2D eigenvalue weighted by Gasteiger charge is -2.14. The molecule has 0 unspecified atom stereocenters. The number of rotatable bonds is 6. The van der Waals surface area contributed by atoms with Crippen LogP contribution < -0.4 is 5.56 Å². The van der Waals surface area contributed by atoms with Gasteiger partial charge in [-0.15, -0.1) is 0 Å². The quantitative estimate of drug-likeness (QED) is 0.696. The summed E-state index contributed by atoms with van der Waals surface area (Å²) in [6.45, 7) is 4.47. The van der Waals surface area contributed by atoms with Gasteiger partial charge in [0.25, 0.3) is 5.56 Å². The van der Waals surface area contributed by atoms with Crippen molar-refractivity contribution in [2.75, 3.05) is 24.6 Å². The Hall–Kier alpha value is -1.31. The maximum absolute atomic E-state index is 11.7. The fourth-order valence-corrected chi connectivity index (χ4v) is 4.07. The number of aliphatic hydroxyl groups is 1. The molecule has 6 nitrogen and oxygen atoms in total. The van der Waals surface area contributed by atoms with Gasteiger partial charge in [-0.3, -0.25) is 9.69 Å². The number of likely N-dealkylation sites (tertiary alicyclic amines) is 1. The molecule has 3 N–H and O–H groups in total. The highest BCUT2D eigenvalue weighted by molar-refractivity contribution is 7.99. The van der Waals surface area contributed by atoms with Crippen molar-refractivity contribution in [3.63, 3.8) is 0 Å². The van der Waals surface area contributed by atoms with Gasteiger partial charge in [0, 0.05) is 37.3 Å². The van der Waals surface area contributed by atoms with E-state index in [0.717, 1.165) is 29.1 Å². The van der Waals surface area contributed by atoms with Gasteiger partial charge in [-0.05, 0) is 17.9 Å². The number of hydrogen-bond acceptors (Lipinski definition) is 5. The van der Waals surface area contributed by atoms with Crippen molar-refractivity contribution >= 4 is 22.8 Å². The molecule has 3 heterocycles. The van der Waals surface area contributed by atoms with Gasteiger partial charge in [0.1, 0.15) is 5.52 Å². The number of thioether (sulfide) groups is 1. The maximum Gasteiger partial charge on any atom is 0.275 e. The van der Waals surface area contributed by atoms with Crippen molar-refractivity contribution < 1.29 is 5.11 Å². The minimum Gasteiger partial charge on any atom is -0.391 e. The highest BCUT2D eigenvalue weighted by atomic mass is 32.2. The lowest BCUT2D eigenvalue weighted by molar-refractivity contribution is 0.149. The Morgan fingerprint density at radius 1 is 1.45 bits per heavy atom. The molecular weight excluding hydrogens is 300 g/mol. The SMILES string of the molecule is CCCSC[C@H]1CN(Cc2c[nH]c3c(=O)[nH]cnc23)C[C@@H]1O. The van der Waals surface area contributed by atoms with Gasteiger partial charge in [0.15, 0.2) is 0 Å². The number of aromatic nitrogens is 3. The summed E-state index contributed by atoms with van der Waals surface area (Å²) in [6.07, 6.45) is 4.20. The first-order valence-corrected chi connectivity index (χ1v) is 8.86. The summed E-state index contributed by atoms with van der Waals surface area (Å²) in [5, 5.41) is 10.2. The fourth-order valence-electron chi connectivity index (χ4n) is 2.98. The van der Waals surface area contributed by atoms with Crippen molar-refractivity contribution in [1.82, 2.24) is 19.9 Å². The topological polar surface area (TPSA) is 85.0 Å². The molecule has 0 radical (unpaired) electrons. The van der Waals surface area contributed by atoms with Crippen molar-refractivity contribution in [3.8, 4) is 0 Å². The number of fused-ring (bicyclic) bond motifs is 1. The zero-order chi connectivity index (χ0) is 15.5. The molecule has 0 amide bonds. The summed E-state index contributed by atoms with van der Waals surface area (Å²) in [5.41, 5.74) is 2.11. The van der Waals surface area contributed by atoms with Gasteiger partial charge in [-0.2, -0.15) is 11.8 Å². The van der Waals surface area contributed by atoms with E-state index in [1.807, 2.05) is 18.0 Å². The minimum absolute atomic E-state index is 0.147. The van der Waals surface area contributed by atoms with Gasteiger partial charge in [0.2, 0.25) is 0 Å². The summed E-state index contributed by atoms with van der Waals surface area (Å²) in [5.74, 6) is 2.49. The second-order valence-electron chi connectivity index (χ2n) is 5.87. The van der Waals surface area contributed by atoms with Crippen LogP contribution in [0, 0.1) is 5.92 Å². The lowest BCUT2D eigenvalue weighted by atomic mass is 10.1. The molecule has 2 aromatic heterocycles. The first-order chi connectivity index (χ1) is 10.7. The Kier molecular flexibility index (Phi) is 4.85. The van der Waals surface area contributed by atoms with E-state index in [9.17, 15) is 9.90 Å². The van der Waals surface area contributed by atoms with Crippen LogP contribution in [0.2, 0.25) is 0 Å². The van der Waals surface area contributed by atoms with Crippen LogP contribution in [0.25, 0.3) is 11.0 Å². The van der Waals surface area contributed by atoms with Gasteiger partial charge in [0.05, 0.1) is 17.9 Å². The molecule has 1 saturated heterocycles. The first kappa shape index (κ1) is 15.6. The normalized spacial score (nSPS) is 22.6. The summed E-state index contributed by atoms with van der Waals surface area (Å²) < 4.78 is 0. The Bertz CT molecular complexity index is 683. The van der Waals surface area contributed by atoms with E-state index in [2.05, 4.69) is 26.8 Å². The summed E-state index contributed by atoms with van der Waals surface area (Å²) >= 11 is 1.92. The van der Waals surface area contributed by atoms with Crippen LogP contribution in [-0.4, -0.2) is 55.7 Å². The second kappa shape index (κ2) is 6.85. The molecule has 120 valence electrons. The third-order valence-corrected chi connectivity index (χ3v) is 5.47. The van der Waals surface area contributed by atoms with Crippen LogP contribution >= 0.6 is 11.8 Å². The van der Waals surface area contributed by atoms with Crippen molar-refractivity contribution in [2.45, 2.75) is 26.0 Å². The van der Waals surface area contributed by atoms with Crippen LogP contribution in [0.5, 0.6) is 0 Å². The predicted molar refractivity (Wildman–Crippen MR) is 89.1 cm³/mol. The lowest BCUT2D eigenvalue weighted by Crippen LogP contribution is -2.21. The number of aromatic amines is 2. The molecular formula is C15H22N4O2S. The van der Waals surface area contributed by atoms with E-state index in [4.69, 9.17) is 0 Å². The second-order valence-corrected chi connectivity index (χ2v) is 7.02. The van der Waals surface area contributed by atoms with E-state index in [-0.39, 0.29) is 11.7 Å². The molecule has 1 aliphatic rings. The van der Waals surface area contributed by atoms with Gasteiger partial charge >= 0.3 is 0 Å². The summed E-state index contributed by atoms with van der Waals surface area (Å²) in [7, 11) is 0. The molecule has 0 saturated carbocycles. The molecule has 1 fully saturated rings. The molecule has 0 spiro atoms. The highest BCUT2D eigenvalue weighted by Crippen LogP contribution is 2.24. The van der Waals surface area contributed by atoms with Gasteiger partial charge in [-0.1, -0.05) is 6.92 Å². The van der Waals surface area contributed by atoms with E-state index in [1.54, 1.807) is 0 Å². The van der Waals surface area contributed by atoms with Crippen molar-refractivity contribution in [3.05, 3.63) is 28.4 Å². The number of aliphatic hydroxyl groups excluding tert-OH is 1. The maximum atomic E-state index is 11.7. The van der Waals surface area contributed by atoms with E-state index in [1.165, 1.54) is 12.7 Å². The predicted octanol–water partition coefficient (Wildman–Crippen LogP) is 1.19. The standard InChI is InChI=1S/C15H22N4O2S/c1-2-3-22-8-11-6-19(7-12(11)20)5-10-4-16-14-13(10)17-9-18-15(14)21/h4,9,11-12,16,20H,2-3,5-8H2,1H3,(H,17,18,21)/t11-,12+/m1/s1. The summed E-state index contributed by atoms with van der Waals surface area (Å²) in [4.78, 5) is 23.8. The van der Waals surface area contributed by atoms with Crippen molar-refractivity contribution in [1.29, 1.82) is 0 Å². The Morgan fingerprint density at radius 2 is 2.32 bits per heavy atom. The third kappa shape index (κ3) is 3.21. The van der Waals surface area contributed by atoms with Crippen LogP contribution in [0.3, 0.4) is 0 Å². The number of hydrogen-bond donors (Lipinski definition) is 3. The molecule has 0 aromatic carbocycles. The third-order valence-electron chi connectivity index (χ3n) is 4.10. The van der Waals surface area contributed by atoms with E-state index < -0.39 is 0 Å². The number of nitrogens with zero attached hydrogens (tertiary/aromatic N) is 2. The van der Waals surface area contributed by atoms with Crippen LogP contribution in [-0.2, 0) is 6.54 Å². The Labute approximate surface area is 133 Å². The van der Waals surface area contributed by atoms with E-state index in [0.29, 0.717) is 24.5 Å². The number of β-amino-alcohol motifs (C(OH)–C–C–N with tert-alkyl or cyclic N) is 1. The number of nitrogens with one attached hydrogen (secondary N) is 2. The Morgan fingerprint density at radius 3 is 3.14 bits per heavy atom. The van der Waals surface area contributed by atoms with Crippen molar-refractivity contribution in [2.24, 2.45) is 5.92 Å². The van der Waals surface area contributed by atoms with Gasteiger partial charge < -0.3 is 15.1 Å². The smallest absolute Gasteiger partial charge is 0.275 e. The number of H-pyrrole nitrogens is 2. The molecule has 3 rings (SSSR count). The molecule has 0 bridgehead atoms. The average molecular weight is 322 g/mol. The van der Waals surface area contributed by atoms with Gasteiger partial charge in [-0.25, -0.2) is 4.98 Å². The van der Waals surface area contributed by atoms with Crippen LogP contribution in [0.15, 0.2) is 17.3 Å². The average Bonchev–Trinajstić information content (AvgIpc) is 3.05. The highest BCUT2D eigenvalue weighted by Gasteiger charge is 2.31. The zero-order valence-corrected chi connectivity index (χ0v) is 13.5. The minimum atomic E-state index is -0.258. The molecule has 0 aliphatic carbocycles. The van der Waals surface area contributed by atoms with Crippen LogP contribution in [0.4, 0.5) is 0 Å². The largest absolute Gasteiger partial charge is 0.391 e. The molecule has 22 heavy (non-hydrogen) atoms. The molecule has 1 aliphatic heterocycles. The molecule has 7 heteroatoms. The van der Waals surface area contributed by atoms with Crippen LogP contribution in [0.1, 0.15) is 18.9 Å². The fraction of sp³-hybridized carbons (Fsp3) is 0.600. The monoisotopic (exact) mass is 322 g/mol. The zero-order valence-electron chi connectivity index (χ0n) is 12.7. The summed E-state index contributed by atoms with van der Waals surface area (Å²) in [6, 6.07) is 0. The van der Waals surface area contributed by atoms with E-state index >= 15 is 0 Å². The first-order valence-electron chi connectivity index (χ1n) is 7.70. The molecule has 2 aromatic rings. The Balaban J connectivity index is 1.66.